The summed E-state index contributed by atoms with van der Waals surface area (Å²) in [4.78, 5) is 0. The third-order valence-electron chi connectivity index (χ3n) is 12.1. The van der Waals surface area contributed by atoms with E-state index < -0.39 is 38.0 Å². The molecule has 0 bridgehead atoms. The van der Waals surface area contributed by atoms with Crippen molar-refractivity contribution in [2.75, 3.05) is 0 Å². The summed E-state index contributed by atoms with van der Waals surface area (Å²) in [5.41, 5.74) is -1.37. The van der Waals surface area contributed by atoms with Crippen LogP contribution in [0.15, 0.2) is 144 Å². The molecule has 0 amide bonds. The first kappa shape index (κ1) is 66.1. The molecule has 0 aliphatic heterocycles. The normalized spacial score (nSPS) is 16.0. The van der Waals surface area contributed by atoms with Crippen LogP contribution in [0.2, 0.25) is 0 Å². The van der Waals surface area contributed by atoms with Crippen LogP contribution in [0.25, 0.3) is 0 Å². The summed E-state index contributed by atoms with van der Waals surface area (Å²) in [6.07, 6.45) is 57.2. The van der Waals surface area contributed by atoms with E-state index in [2.05, 4.69) is 122 Å². The monoisotopic (exact) mass is 995 g/mol. The average molecular weight is 995 g/mol. The molecule has 69 heavy (non-hydrogen) atoms. The molecule has 0 aromatic carbocycles. The number of phosphoric ester groups is 2. The largest absolute Gasteiger partial charge is 0.485 e. The number of unbranched alkanes of at least 4 members (excludes halogenated alkanes) is 8. The average Bonchev–Trinajstić information content (AvgIpc) is 3.25. The lowest BCUT2D eigenvalue weighted by Gasteiger charge is -2.39. The van der Waals surface area contributed by atoms with Gasteiger partial charge in [0.05, 0.1) is 22.4 Å². The highest BCUT2D eigenvalue weighted by Crippen LogP contribution is 2.71. The van der Waals surface area contributed by atoms with E-state index in [0.717, 1.165) is 125 Å². The van der Waals surface area contributed by atoms with Crippen molar-refractivity contribution in [3.8, 4) is 0 Å². The van der Waals surface area contributed by atoms with Crippen molar-refractivity contribution in [1.82, 2.24) is 0 Å². The Morgan fingerprint density at radius 3 is 0.638 bits per heavy atom. The van der Waals surface area contributed by atoms with Gasteiger partial charge >= 0.3 is 15.6 Å². The van der Waals surface area contributed by atoms with Crippen LogP contribution in [0, 0.1) is 0 Å². The zero-order valence-electron chi connectivity index (χ0n) is 46.6. The van der Waals surface area contributed by atoms with E-state index in [9.17, 15) is 0 Å². The van der Waals surface area contributed by atoms with Gasteiger partial charge in [0.2, 0.25) is 0 Å². The first-order valence-electron chi connectivity index (χ1n) is 25.9. The van der Waals surface area contributed by atoms with E-state index in [-0.39, 0.29) is 0 Å². The number of hydrogen-bond acceptors (Lipinski definition) is 7. The van der Waals surface area contributed by atoms with Gasteiger partial charge in [-0.3, -0.25) is 18.1 Å². The molecule has 0 N–H and O–H groups in total. The molecule has 0 spiro atoms. The zero-order valence-corrected chi connectivity index (χ0v) is 48.4. The summed E-state index contributed by atoms with van der Waals surface area (Å²) in [5, 5.41) is 0. The maximum Gasteiger partial charge on any atom is 0.485 e. The fourth-order valence-corrected chi connectivity index (χ4v) is 11.0. The summed E-state index contributed by atoms with van der Waals surface area (Å²) < 4.78 is 64.1. The molecule has 0 unspecified atom stereocenters. The molecular weight excluding hydrogens is 895 g/mol. The summed E-state index contributed by atoms with van der Waals surface area (Å²) in [7, 11) is -9.66. The topological polar surface area (TPSA) is 80.3 Å². The van der Waals surface area contributed by atoms with E-state index >= 15 is 9.13 Å². The molecule has 9 heteroatoms. The van der Waals surface area contributed by atoms with Crippen LogP contribution < -0.4 is 0 Å². The number of hydrogen-bond donors (Lipinski definition) is 0. The Morgan fingerprint density at radius 2 is 0.464 bits per heavy atom. The minimum Gasteiger partial charge on any atom is -0.276 e. The molecule has 0 aliphatic carbocycles. The quantitative estimate of drug-likeness (QED) is 0.0346. The third kappa shape index (κ3) is 31.3. The van der Waals surface area contributed by atoms with Gasteiger partial charge in [0.15, 0.2) is 0 Å². The van der Waals surface area contributed by atoms with Crippen LogP contribution in [0.5, 0.6) is 0 Å². The van der Waals surface area contributed by atoms with Crippen LogP contribution in [0.4, 0.5) is 0 Å². The second kappa shape index (κ2) is 36.1. The lowest BCUT2D eigenvalue weighted by molar-refractivity contribution is 0.00230. The van der Waals surface area contributed by atoms with Gasteiger partial charge in [0.1, 0.15) is 0 Å². The molecule has 392 valence electrons. The van der Waals surface area contributed by atoms with Gasteiger partial charge in [0.25, 0.3) is 0 Å². The van der Waals surface area contributed by atoms with Crippen molar-refractivity contribution < 1.29 is 31.5 Å². The summed E-state index contributed by atoms with van der Waals surface area (Å²) in [6.45, 7) is 30.5. The predicted octanol–water partition coefficient (Wildman–Crippen LogP) is 21.0. The molecule has 0 aromatic heterocycles. The maximum absolute atomic E-state index is 15.7. The Morgan fingerprint density at radius 1 is 0.304 bits per heavy atom. The fraction of sp³-hybridized carbons (Fsp3) is 0.600. The van der Waals surface area contributed by atoms with Crippen LogP contribution in [-0.4, -0.2) is 22.4 Å². The van der Waals surface area contributed by atoms with E-state index in [0.29, 0.717) is 0 Å². The molecule has 7 nitrogen and oxygen atoms in total. The first-order chi connectivity index (χ1) is 32.5. The highest BCUT2D eigenvalue weighted by molar-refractivity contribution is 7.62. The van der Waals surface area contributed by atoms with Crippen molar-refractivity contribution in [3.05, 3.63) is 144 Å². The predicted molar refractivity (Wildman–Crippen MR) is 302 cm³/mol. The lowest BCUT2D eigenvalue weighted by Crippen LogP contribution is -2.33. The van der Waals surface area contributed by atoms with Gasteiger partial charge in [-0.25, -0.2) is 9.13 Å². The number of allylic oxidation sites excluding steroid dienone is 20. The van der Waals surface area contributed by atoms with Gasteiger partial charge in [-0.15, -0.1) is 0 Å². The molecular formula is C60H100O7P2. The zero-order chi connectivity index (χ0) is 52.3. The highest BCUT2D eigenvalue weighted by atomic mass is 31.3. The molecule has 0 atom stereocenters. The summed E-state index contributed by atoms with van der Waals surface area (Å²) in [5.74, 6) is 0. The van der Waals surface area contributed by atoms with Crippen molar-refractivity contribution >= 4 is 15.6 Å². The molecule has 0 rings (SSSR count). The summed E-state index contributed by atoms with van der Waals surface area (Å²) >= 11 is 0. The molecule has 0 heterocycles. The van der Waals surface area contributed by atoms with Gasteiger partial charge in [-0.05, 0) is 236 Å². The van der Waals surface area contributed by atoms with Crippen LogP contribution in [0.3, 0.4) is 0 Å². The summed E-state index contributed by atoms with van der Waals surface area (Å²) in [6, 6.07) is 0. The van der Waals surface area contributed by atoms with E-state index in [4.69, 9.17) is 22.4 Å². The Kier molecular flexibility index (Phi) is 34.6. The second-order valence-electron chi connectivity index (χ2n) is 19.7. The SMILES string of the molecule is C/C=C/CC/C=C/CC/C=C(\C)C(C)(C)OP(=O)(OC(C)(C)/C(C)=C/CC/C=C/CC/C=C/C)OP(=O)(OC(C)(C)/C(C)=C/CC/C=C/CC/C=C/C)OC(C)(C)/C(C)=C/CC/C=C/CC/C=C/C. The molecule has 0 aliphatic rings. The smallest absolute Gasteiger partial charge is 0.276 e. The minimum absolute atomic E-state index is 0.754. The number of phosphoric acid groups is 2. The third-order valence-corrected chi connectivity index (χ3v) is 16.4. The van der Waals surface area contributed by atoms with Gasteiger partial charge in [0, 0.05) is 0 Å². The Hall–Kier alpha value is -2.86. The van der Waals surface area contributed by atoms with Crippen molar-refractivity contribution in [1.29, 1.82) is 0 Å². The maximum atomic E-state index is 15.7. The second-order valence-corrected chi connectivity index (χ2v) is 22.9. The van der Waals surface area contributed by atoms with Crippen LogP contribution in [-0.2, 0) is 31.5 Å². The molecule has 0 radical (unpaired) electrons. The first-order valence-corrected chi connectivity index (χ1v) is 28.9. The Bertz CT molecular complexity index is 1640. The van der Waals surface area contributed by atoms with Crippen molar-refractivity contribution in [2.45, 2.75) is 236 Å². The van der Waals surface area contributed by atoms with Crippen molar-refractivity contribution in [3.63, 3.8) is 0 Å². The molecule has 0 fully saturated rings. The van der Waals surface area contributed by atoms with E-state index in [1.807, 2.05) is 111 Å². The number of rotatable bonds is 38. The molecule has 0 aromatic rings. The van der Waals surface area contributed by atoms with Crippen LogP contribution >= 0.6 is 15.6 Å². The van der Waals surface area contributed by atoms with Crippen LogP contribution in [0.1, 0.15) is 214 Å². The van der Waals surface area contributed by atoms with E-state index in [1.54, 1.807) is 0 Å². The van der Waals surface area contributed by atoms with Gasteiger partial charge < -0.3 is 0 Å². The van der Waals surface area contributed by atoms with E-state index in [1.165, 1.54) is 0 Å². The van der Waals surface area contributed by atoms with Gasteiger partial charge in [-0.1, -0.05) is 122 Å². The highest BCUT2D eigenvalue weighted by Gasteiger charge is 2.52. The van der Waals surface area contributed by atoms with Crippen molar-refractivity contribution in [2.24, 2.45) is 0 Å². The Balaban J connectivity index is 7.29. The van der Waals surface area contributed by atoms with Gasteiger partial charge in [-0.2, -0.15) is 4.31 Å². The molecule has 0 saturated heterocycles. The lowest BCUT2D eigenvalue weighted by atomic mass is 9.98. The molecule has 0 saturated carbocycles. The Labute approximate surface area is 425 Å². The minimum atomic E-state index is -4.83. The fourth-order valence-electron chi connectivity index (χ4n) is 6.58. The standard InChI is InChI=1S/C60H100O7P2/c1-17-21-25-29-33-37-41-45-49-53(5)57(9,10)63-68(61,64-58(11,12)54(6)50-46-42-38-34-30-26-22-18-2)67-69(62,65-59(13,14)55(7)51-47-43-39-35-31-27-23-19-3)66-60(15,16)56(8)52-48-44-40-36-32-28-24-20-4/h17-24,33-40,49-52H,25-32,41-48H2,1-16H3/b21-17+,22-18+,23-19+,24-20+,37-33+,38-34+,39-35+,40-36+,53-49+,54-50+,55-51+,56-52+.